The fourth-order valence-electron chi connectivity index (χ4n) is 3.24. The maximum Gasteiger partial charge on any atom is 0.315 e. The van der Waals surface area contributed by atoms with Crippen LogP contribution in [0.2, 0.25) is 0 Å². The number of amides is 2. The van der Waals surface area contributed by atoms with Crippen LogP contribution in [0.5, 0.6) is 0 Å². The van der Waals surface area contributed by atoms with E-state index in [0.717, 1.165) is 25.7 Å². The summed E-state index contributed by atoms with van der Waals surface area (Å²) in [6.45, 7) is 4.84. The summed E-state index contributed by atoms with van der Waals surface area (Å²) >= 11 is 0. The third-order valence-corrected chi connectivity index (χ3v) is 4.85. The van der Waals surface area contributed by atoms with Gasteiger partial charge in [0.1, 0.15) is 0 Å². The molecule has 0 aromatic heterocycles. The van der Waals surface area contributed by atoms with Crippen molar-refractivity contribution in [3.8, 4) is 0 Å². The van der Waals surface area contributed by atoms with E-state index in [4.69, 9.17) is 5.11 Å². The number of carbonyl (C=O) groups excluding carboxylic acids is 1. The van der Waals surface area contributed by atoms with Crippen LogP contribution < -0.4 is 10.6 Å². The van der Waals surface area contributed by atoms with Gasteiger partial charge in [-0.1, -0.05) is 44.2 Å². The summed E-state index contributed by atoms with van der Waals surface area (Å²) in [5, 5.41) is 15.0. The molecule has 0 bridgehead atoms. The molecule has 0 atom stereocenters. The van der Waals surface area contributed by atoms with Gasteiger partial charge in [-0.15, -0.1) is 0 Å². The summed E-state index contributed by atoms with van der Waals surface area (Å²) in [6, 6.07) is 10.8. The molecule has 0 unspecified atom stereocenters. The predicted molar refractivity (Wildman–Crippen MR) is 93.5 cm³/mol. The lowest BCUT2D eigenvalue weighted by atomic mass is 9.82. The Bertz CT molecular complexity index is 479. The number of benzene rings is 1. The molecule has 2 rings (SSSR count). The van der Waals surface area contributed by atoms with Gasteiger partial charge in [-0.3, -0.25) is 0 Å². The normalized spacial score (nSPS) is 21.7. The van der Waals surface area contributed by atoms with Gasteiger partial charge in [0.25, 0.3) is 0 Å². The van der Waals surface area contributed by atoms with Crippen LogP contribution in [0.1, 0.15) is 57.4 Å². The molecule has 1 saturated carbocycles. The Balaban J connectivity index is 1.71. The molecule has 1 fully saturated rings. The third kappa shape index (κ3) is 5.87. The number of rotatable bonds is 6. The first-order valence-electron chi connectivity index (χ1n) is 8.70. The largest absolute Gasteiger partial charge is 0.396 e. The van der Waals surface area contributed by atoms with Gasteiger partial charge in [-0.2, -0.15) is 0 Å². The van der Waals surface area contributed by atoms with E-state index in [1.807, 2.05) is 0 Å². The Morgan fingerprint density at radius 3 is 2.43 bits per heavy atom. The molecule has 2 amide bonds. The number of nitrogens with one attached hydrogen (secondary N) is 2. The maximum absolute atomic E-state index is 12.0. The molecule has 0 heterocycles. The Hall–Kier alpha value is -1.55. The molecule has 4 heteroatoms. The number of aliphatic hydroxyl groups excluding tert-OH is 1. The maximum atomic E-state index is 12.0. The van der Waals surface area contributed by atoms with Crippen molar-refractivity contribution < 1.29 is 9.90 Å². The first kappa shape index (κ1) is 17.8. The summed E-state index contributed by atoms with van der Waals surface area (Å²) in [5.41, 5.74) is 1.35. The van der Waals surface area contributed by atoms with Crippen LogP contribution in [0.3, 0.4) is 0 Å². The lowest BCUT2D eigenvalue weighted by Crippen LogP contribution is -2.46. The van der Waals surface area contributed by atoms with E-state index in [0.29, 0.717) is 18.9 Å². The van der Waals surface area contributed by atoms with E-state index in [1.165, 1.54) is 5.56 Å². The molecule has 1 aliphatic rings. The van der Waals surface area contributed by atoms with Crippen molar-refractivity contribution >= 4 is 6.03 Å². The van der Waals surface area contributed by atoms with Crippen LogP contribution in [-0.2, 0) is 0 Å². The molecule has 1 aromatic carbocycles. The molecule has 23 heavy (non-hydrogen) atoms. The number of urea groups is 1. The Kier molecular flexibility index (Phi) is 6.46. The average molecular weight is 318 g/mol. The number of carbonyl (C=O) groups is 1. The number of hydrogen-bond donors (Lipinski definition) is 3. The Labute approximate surface area is 139 Å². The number of hydrogen-bond acceptors (Lipinski definition) is 2. The molecule has 1 aromatic rings. The highest BCUT2D eigenvalue weighted by atomic mass is 16.3. The quantitative estimate of drug-likeness (QED) is 0.752. The van der Waals surface area contributed by atoms with Crippen LogP contribution >= 0.6 is 0 Å². The lowest BCUT2D eigenvalue weighted by molar-refractivity contribution is 0.198. The van der Waals surface area contributed by atoms with E-state index in [2.05, 4.69) is 54.8 Å². The second kappa shape index (κ2) is 8.34. The summed E-state index contributed by atoms with van der Waals surface area (Å²) in [4.78, 5) is 12.0. The fourth-order valence-corrected chi connectivity index (χ4v) is 3.24. The van der Waals surface area contributed by atoms with Crippen molar-refractivity contribution in [1.82, 2.24) is 10.6 Å². The van der Waals surface area contributed by atoms with Crippen LogP contribution in [0.15, 0.2) is 30.3 Å². The molecule has 3 N–H and O–H groups in total. The van der Waals surface area contributed by atoms with Crippen molar-refractivity contribution in [2.45, 2.75) is 57.9 Å². The van der Waals surface area contributed by atoms with Gasteiger partial charge in [0, 0.05) is 19.2 Å². The van der Waals surface area contributed by atoms with E-state index < -0.39 is 0 Å². The third-order valence-electron chi connectivity index (χ3n) is 4.85. The average Bonchev–Trinajstić information content (AvgIpc) is 2.55. The van der Waals surface area contributed by atoms with E-state index in [1.54, 1.807) is 0 Å². The predicted octanol–water partition coefficient (Wildman–Crippen LogP) is 3.42. The minimum absolute atomic E-state index is 0.0724. The molecule has 0 spiro atoms. The highest BCUT2D eigenvalue weighted by molar-refractivity contribution is 5.74. The van der Waals surface area contributed by atoms with Crippen LogP contribution in [0.4, 0.5) is 4.79 Å². The minimum atomic E-state index is -0.0841. The summed E-state index contributed by atoms with van der Waals surface area (Å²) < 4.78 is 0. The highest BCUT2D eigenvalue weighted by Gasteiger charge is 2.24. The second-order valence-corrected chi connectivity index (χ2v) is 7.42. The summed E-state index contributed by atoms with van der Waals surface area (Å²) in [5.74, 6) is 0.626. The van der Waals surface area contributed by atoms with Crippen LogP contribution in [0, 0.1) is 5.41 Å². The van der Waals surface area contributed by atoms with Gasteiger partial charge in [-0.25, -0.2) is 4.79 Å². The van der Waals surface area contributed by atoms with Gasteiger partial charge in [-0.05, 0) is 49.0 Å². The standard InChI is InChI=1S/C19H30N2O2/c1-19(2,12-13-22)14-20-18(23)21-17-10-8-16(9-11-17)15-6-4-3-5-7-15/h3-7,16-17,22H,8-14H2,1-2H3,(H2,20,21,23). The Morgan fingerprint density at radius 2 is 1.83 bits per heavy atom. The topological polar surface area (TPSA) is 61.4 Å². The van der Waals surface area contributed by atoms with E-state index >= 15 is 0 Å². The smallest absolute Gasteiger partial charge is 0.315 e. The molecule has 0 radical (unpaired) electrons. The summed E-state index contributed by atoms with van der Waals surface area (Å²) in [6.07, 6.45) is 5.02. The SMILES string of the molecule is CC(C)(CCO)CNC(=O)NC1CCC(c2ccccc2)CC1. The molecule has 0 saturated heterocycles. The second-order valence-electron chi connectivity index (χ2n) is 7.42. The monoisotopic (exact) mass is 318 g/mol. The van der Waals surface area contributed by atoms with Crippen molar-refractivity contribution in [1.29, 1.82) is 0 Å². The zero-order valence-corrected chi connectivity index (χ0v) is 14.3. The molecule has 1 aliphatic carbocycles. The minimum Gasteiger partial charge on any atom is -0.396 e. The van der Waals surface area contributed by atoms with Crippen LogP contribution in [0.25, 0.3) is 0 Å². The number of aliphatic hydroxyl groups is 1. The van der Waals surface area contributed by atoms with Crippen molar-refractivity contribution in [2.24, 2.45) is 5.41 Å². The van der Waals surface area contributed by atoms with Gasteiger partial charge < -0.3 is 15.7 Å². The fraction of sp³-hybridized carbons (Fsp3) is 0.632. The lowest BCUT2D eigenvalue weighted by Gasteiger charge is -2.30. The highest BCUT2D eigenvalue weighted by Crippen LogP contribution is 2.32. The van der Waals surface area contributed by atoms with E-state index in [9.17, 15) is 4.79 Å². The van der Waals surface area contributed by atoms with Crippen molar-refractivity contribution in [3.05, 3.63) is 35.9 Å². The van der Waals surface area contributed by atoms with Gasteiger partial charge in [0.2, 0.25) is 0 Å². The van der Waals surface area contributed by atoms with Gasteiger partial charge in [0.05, 0.1) is 0 Å². The first-order valence-corrected chi connectivity index (χ1v) is 8.70. The molecular formula is C19H30N2O2. The van der Waals surface area contributed by atoms with E-state index in [-0.39, 0.29) is 24.1 Å². The molecule has 128 valence electrons. The molecule has 0 aliphatic heterocycles. The van der Waals surface area contributed by atoms with Gasteiger partial charge in [0.15, 0.2) is 0 Å². The first-order chi connectivity index (χ1) is 11.0. The summed E-state index contributed by atoms with van der Waals surface area (Å²) in [7, 11) is 0. The van der Waals surface area contributed by atoms with Crippen molar-refractivity contribution in [2.75, 3.05) is 13.2 Å². The molecular weight excluding hydrogens is 288 g/mol. The van der Waals surface area contributed by atoms with Crippen molar-refractivity contribution in [3.63, 3.8) is 0 Å². The zero-order chi connectivity index (χ0) is 16.7. The molecule has 4 nitrogen and oxygen atoms in total. The Morgan fingerprint density at radius 1 is 1.17 bits per heavy atom. The van der Waals surface area contributed by atoms with Gasteiger partial charge >= 0.3 is 6.03 Å². The van der Waals surface area contributed by atoms with Crippen LogP contribution in [-0.4, -0.2) is 30.3 Å². The zero-order valence-electron chi connectivity index (χ0n) is 14.3.